The maximum atomic E-state index is 11.4. The first-order chi connectivity index (χ1) is 8.62. The van der Waals surface area contributed by atoms with Crippen LogP contribution in [-0.2, 0) is 11.2 Å². The van der Waals surface area contributed by atoms with Crippen molar-refractivity contribution < 1.29 is 14.3 Å². The van der Waals surface area contributed by atoms with E-state index < -0.39 is 0 Å². The van der Waals surface area contributed by atoms with Crippen LogP contribution >= 0.6 is 0 Å². The molecule has 1 aromatic carbocycles. The van der Waals surface area contributed by atoms with E-state index in [4.69, 9.17) is 9.47 Å². The molecule has 0 aliphatic heterocycles. The minimum Gasteiger partial charge on any atom is -0.493 e. The Morgan fingerprint density at radius 2 is 1.94 bits per heavy atom. The number of nitrogens with one attached hydrogen (secondary N) is 1. The van der Waals surface area contributed by atoms with E-state index >= 15 is 0 Å². The number of carbonyl (C=O) groups is 1. The van der Waals surface area contributed by atoms with E-state index in [9.17, 15) is 4.79 Å². The van der Waals surface area contributed by atoms with Crippen LogP contribution in [0.2, 0.25) is 0 Å². The van der Waals surface area contributed by atoms with Gasteiger partial charge in [0.25, 0.3) is 0 Å². The standard InChI is InChI=1S/C14H21NO3/c1-10(14(16)15-2)5-6-11-7-8-12(17-3)13(9-11)18-4/h7-10H,5-6H2,1-4H3,(H,15,16). The monoisotopic (exact) mass is 251 g/mol. The average molecular weight is 251 g/mol. The first-order valence-corrected chi connectivity index (χ1v) is 6.04. The summed E-state index contributed by atoms with van der Waals surface area (Å²) < 4.78 is 10.4. The highest BCUT2D eigenvalue weighted by Crippen LogP contribution is 2.28. The Labute approximate surface area is 108 Å². The maximum Gasteiger partial charge on any atom is 0.222 e. The van der Waals surface area contributed by atoms with Crippen LogP contribution < -0.4 is 14.8 Å². The lowest BCUT2D eigenvalue weighted by atomic mass is 10.00. The second kappa shape index (κ2) is 6.89. The molecule has 1 aromatic rings. The van der Waals surface area contributed by atoms with Crippen LogP contribution in [0.3, 0.4) is 0 Å². The molecular weight excluding hydrogens is 230 g/mol. The molecule has 0 saturated carbocycles. The molecule has 1 rings (SSSR count). The highest BCUT2D eigenvalue weighted by molar-refractivity contribution is 5.77. The molecule has 4 nitrogen and oxygen atoms in total. The van der Waals surface area contributed by atoms with Gasteiger partial charge in [0.05, 0.1) is 14.2 Å². The zero-order valence-electron chi connectivity index (χ0n) is 11.4. The van der Waals surface area contributed by atoms with E-state index in [0.717, 1.165) is 29.9 Å². The van der Waals surface area contributed by atoms with Crippen molar-refractivity contribution in [2.75, 3.05) is 21.3 Å². The summed E-state index contributed by atoms with van der Waals surface area (Å²) in [5.74, 6) is 1.54. The van der Waals surface area contributed by atoms with Crippen molar-refractivity contribution in [2.24, 2.45) is 5.92 Å². The summed E-state index contributed by atoms with van der Waals surface area (Å²) in [7, 11) is 4.90. The Balaban J connectivity index is 2.65. The normalized spacial score (nSPS) is 11.8. The SMILES string of the molecule is CNC(=O)C(C)CCc1ccc(OC)c(OC)c1. The van der Waals surface area contributed by atoms with Crippen LogP contribution in [0.5, 0.6) is 11.5 Å². The molecule has 1 N–H and O–H groups in total. The minimum atomic E-state index is 0.0168. The van der Waals surface area contributed by atoms with Crippen molar-refractivity contribution in [1.29, 1.82) is 0 Å². The van der Waals surface area contributed by atoms with Gasteiger partial charge in [0.1, 0.15) is 0 Å². The molecule has 100 valence electrons. The summed E-state index contributed by atoms with van der Waals surface area (Å²) >= 11 is 0. The van der Waals surface area contributed by atoms with Crippen molar-refractivity contribution in [3.8, 4) is 11.5 Å². The fourth-order valence-corrected chi connectivity index (χ4v) is 1.80. The molecule has 4 heteroatoms. The van der Waals surface area contributed by atoms with Crippen LogP contribution in [0.4, 0.5) is 0 Å². The number of rotatable bonds is 6. The molecule has 1 atom stereocenters. The summed E-state index contributed by atoms with van der Waals surface area (Å²) in [5.41, 5.74) is 1.14. The fraction of sp³-hybridized carbons (Fsp3) is 0.500. The van der Waals surface area contributed by atoms with Gasteiger partial charge in [-0.2, -0.15) is 0 Å². The summed E-state index contributed by atoms with van der Waals surface area (Å²) in [5, 5.41) is 2.66. The number of hydrogen-bond donors (Lipinski definition) is 1. The molecule has 0 saturated heterocycles. The van der Waals surface area contributed by atoms with E-state index in [1.54, 1.807) is 21.3 Å². The lowest BCUT2D eigenvalue weighted by Crippen LogP contribution is -2.25. The Kier molecular flexibility index (Phi) is 5.49. The second-order valence-electron chi connectivity index (χ2n) is 4.24. The lowest BCUT2D eigenvalue weighted by molar-refractivity contribution is -0.124. The molecule has 0 fully saturated rings. The van der Waals surface area contributed by atoms with Gasteiger partial charge in [0.15, 0.2) is 11.5 Å². The third-order valence-corrected chi connectivity index (χ3v) is 3.01. The maximum absolute atomic E-state index is 11.4. The van der Waals surface area contributed by atoms with Crippen LogP contribution in [0.25, 0.3) is 0 Å². The number of carbonyl (C=O) groups excluding carboxylic acids is 1. The summed E-state index contributed by atoms with van der Waals surface area (Å²) in [6, 6.07) is 5.84. The number of benzene rings is 1. The van der Waals surface area contributed by atoms with E-state index in [1.165, 1.54) is 0 Å². The van der Waals surface area contributed by atoms with Gasteiger partial charge < -0.3 is 14.8 Å². The summed E-state index contributed by atoms with van der Waals surface area (Å²) in [6.45, 7) is 1.93. The largest absolute Gasteiger partial charge is 0.493 e. The number of hydrogen-bond acceptors (Lipinski definition) is 3. The molecule has 0 spiro atoms. The molecule has 0 aromatic heterocycles. The second-order valence-corrected chi connectivity index (χ2v) is 4.24. The predicted molar refractivity (Wildman–Crippen MR) is 71.1 cm³/mol. The number of methoxy groups -OCH3 is 2. The molecule has 1 amide bonds. The molecule has 1 unspecified atom stereocenters. The van der Waals surface area contributed by atoms with Crippen molar-refractivity contribution in [2.45, 2.75) is 19.8 Å². The van der Waals surface area contributed by atoms with E-state index in [0.29, 0.717) is 0 Å². The van der Waals surface area contributed by atoms with E-state index in [2.05, 4.69) is 5.32 Å². The molecular formula is C14H21NO3. The molecule has 0 radical (unpaired) electrons. The average Bonchev–Trinajstić information content (AvgIpc) is 2.43. The first-order valence-electron chi connectivity index (χ1n) is 6.04. The van der Waals surface area contributed by atoms with E-state index in [1.807, 2.05) is 25.1 Å². The Morgan fingerprint density at radius 1 is 1.28 bits per heavy atom. The van der Waals surface area contributed by atoms with Crippen molar-refractivity contribution >= 4 is 5.91 Å². The van der Waals surface area contributed by atoms with Crippen LogP contribution in [0.15, 0.2) is 18.2 Å². The van der Waals surface area contributed by atoms with Gasteiger partial charge in [-0.05, 0) is 30.5 Å². The molecule has 0 bridgehead atoms. The lowest BCUT2D eigenvalue weighted by Gasteiger charge is -2.12. The zero-order chi connectivity index (χ0) is 13.5. The van der Waals surface area contributed by atoms with Crippen molar-refractivity contribution in [1.82, 2.24) is 5.32 Å². The van der Waals surface area contributed by atoms with Crippen LogP contribution in [-0.4, -0.2) is 27.2 Å². The Bertz CT molecular complexity index is 404. The predicted octanol–water partition coefficient (Wildman–Crippen LogP) is 2.02. The molecule has 0 aliphatic rings. The first kappa shape index (κ1) is 14.4. The zero-order valence-corrected chi connectivity index (χ0v) is 11.4. The van der Waals surface area contributed by atoms with E-state index in [-0.39, 0.29) is 11.8 Å². The highest BCUT2D eigenvalue weighted by atomic mass is 16.5. The number of ether oxygens (including phenoxy) is 2. The Hall–Kier alpha value is -1.71. The Morgan fingerprint density at radius 3 is 2.50 bits per heavy atom. The van der Waals surface area contributed by atoms with Gasteiger partial charge in [-0.15, -0.1) is 0 Å². The number of amides is 1. The van der Waals surface area contributed by atoms with Gasteiger partial charge in [0.2, 0.25) is 5.91 Å². The van der Waals surface area contributed by atoms with Gasteiger partial charge in [0, 0.05) is 13.0 Å². The van der Waals surface area contributed by atoms with Crippen LogP contribution in [0.1, 0.15) is 18.9 Å². The van der Waals surface area contributed by atoms with Crippen molar-refractivity contribution in [3.63, 3.8) is 0 Å². The smallest absolute Gasteiger partial charge is 0.222 e. The molecule has 18 heavy (non-hydrogen) atoms. The molecule has 0 aliphatic carbocycles. The number of aryl methyl sites for hydroxylation is 1. The van der Waals surface area contributed by atoms with Crippen molar-refractivity contribution in [3.05, 3.63) is 23.8 Å². The van der Waals surface area contributed by atoms with Gasteiger partial charge in [-0.25, -0.2) is 0 Å². The topological polar surface area (TPSA) is 47.6 Å². The van der Waals surface area contributed by atoms with Crippen LogP contribution in [0, 0.1) is 5.92 Å². The minimum absolute atomic E-state index is 0.0168. The van der Waals surface area contributed by atoms with Gasteiger partial charge >= 0.3 is 0 Å². The van der Waals surface area contributed by atoms with Gasteiger partial charge in [-0.1, -0.05) is 13.0 Å². The highest BCUT2D eigenvalue weighted by Gasteiger charge is 2.11. The summed E-state index contributed by atoms with van der Waals surface area (Å²) in [6.07, 6.45) is 1.66. The molecule has 0 heterocycles. The third-order valence-electron chi connectivity index (χ3n) is 3.01. The van der Waals surface area contributed by atoms with Gasteiger partial charge in [-0.3, -0.25) is 4.79 Å². The quantitative estimate of drug-likeness (QED) is 0.841. The fourth-order valence-electron chi connectivity index (χ4n) is 1.80. The third kappa shape index (κ3) is 3.65. The summed E-state index contributed by atoms with van der Waals surface area (Å²) in [4.78, 5) is 11.4.